The van der Waals surface area contributed by atoms with Crippen molar-refractivity contribution < 1.29 is 33.3 Å². The van der Waals surface area contributed by atoms with Crippen LogP contribution < -0.4 is 29.0 Å². The van der Waals surface area contributed by atoms with Crippen LogP contribution in [0.4, 0.5) is 0 Å². The Morgan fingerprint density at radius 1 is 0.912 bits per heavy atom. The van der Waals surface area contributed by atoms with Gasteiger partial charge in [-0.2, -0.15) is 0 Å². The van der Waals surface area contributed by atoms with Crippen LogP contribution >= 0.6 is 15.9 Å². The standard InChI is InChI=1S/C25H24BrNO7/c1-30-21-6-13(7-22(31-2)25(21)32-3)12-4-17-24(18(28)5-12)15(9-23(29)27-17)14-8-19-20(10-16(14)26)34-11-33-19/h6-8,10,12,15H,4-5,9,11H2,1-3H3,(H,27,29). The number of amides is 1. The molecule has 0 fully saturated rings. The lowest BCUT2D eigenvalue weighted by Gasteiger charge is -2.35. The summed E-state index contributed by atoms with van der Waals surface area (Å²) in [4.78, 5) is 26.2. The zero-order chi connectivity index (χ0) is 24.0. The second-order valence-corrected chi connectivity index (χ2v) is 9.27. The number of halogens is 1. The number of carbonyl (C=O) groups excluding carboxylic acids is 2. The molecule has 1 N–H and O–H groups in total. The molecule has 8 nitrogen and oxygen atoms in total. The van der Waals surface area contributed by atoms with Gasteiger partial charge < -0.3 is 29.0 Å². The number of fused-ring (bicyclic) bond motifs is 1. The molecule has 2 aliphatic heterocycles. The van der Waals surface area contributed by atoms with E-state index < -0.39 is 0 Å². The van der Waals surface area contributed by atoms with Crippen molar-refractivity contribution in [1.29, 1.82) is 0 Å². The molecule has 9 heteroatoms. The van der Waals surface area contributed by atoms with Gasteiger partial charge in [0.25, 0.3) is 0 Å². The largest absolute Gasteiger partial charge is 0.493 e. The topological polar surface area (TPSA) is 92.3 Å². The molecule has 34 heavy (non-hydrogen) atoms. The molecular weight excluding hydrogens is 506 g/mol. The Labute approximate surface area is 205 Å². The van der Waals surface area contributed by atoms with E-state index in [1.807, 2.05) is 24.3 Å². The molecule has 2 aromatic rings. The Morgan fingerprint density at radius 3 is 2.24 bits per heavy atom. The normalized spacial score (nSPS) is 21.2. The summed E-state index contributed by atoms with van der Waals surface area (Å²) in [6, 6.07) is 7.41. The molecule has 1 aliphatic carbocycles. The van der Waals surface area contributed by atoms with Gasteiger partial charge in [-0.25, -0.2) is 0 Å². The average molecular weight is 530 g/mol. The first kappa shape index (κ1) is 22.6. The predicted octanol–water partition coefficient (Wildman–Crippen LogP) is 4.21. The van der Waals surface area contributed by atoms with E-state index >= 15 is 0 Å². The predicted molar refractivity (Wildman–Crippen MR) is 126 cm³/mol. The summed E-state index contributed by atoms with van der Waals surface area (Å²) >= 11 is 3.59. The van der Waals surface area contributed by atoms with E-state index in [1.165, 1.54) is 0 Å². The van der Waals surface area contributed by atoms with Crippen molar-refractivity contribution in [3.05, 3.63) is 51.1 Å². The number of nitrogens with one attached hydrogen (secondary N) is 1. The summed E-state index contributed by atoms with van der Waals surface area (Å²) in [6.07, 6.45) is 1.02. The fourth-order valence-corrected chi connectivity index (χ4v) is 5.60. The Hall–Kier alpha value is -3.20. The second kappa shape index (κ2) is 8.87. The van der Waals surface area contributed by atoms with Gasteiger partial charge in [0, 0.05) is 34.5 Å². The number of allylic oxidation sites excluding steroid dienone is 2. The Morgan fingerprint density at radius 2 is 1.59 bits per heavy atom. The van der Waals surface area contributed by atoms with E-state index in [9.17, 15) is 9.59 Å². The molecular formula is C25H24BrNO7. The van der Waals surface area contributed by atoms with Crippen LogP contribution in [0.2, 0.25) is 0 Å². The molecule has 2 aromatic carbocycles. The molecule has 0 saturated heterocycles. The fourth-order valence-electron chi connectivity index (χ4n) is 5.00. The minimum absolute atomic E-state index is 0.00886. The van der Waals surface area contributed by atoms with Crippen molar-refractivity contribution in [2.24, 2.45) is 0 Å². The van der Waals surface area contributed by atoms with Gasteiger partial charge in [-0.3, -0.25) is 9.59 Å². The molecule has 2 atom stereocenters. The highest BCUT2D eigenvalue weighted by Gasteiger charge is 2.39. The molecule has 0 bridgehead atoms. The van der Waals surface area contributed by atoms with Gasteiger partial charge in [-0.15, -0.1) is 0 Å². The highest BCUT2D eigenvalue weighted by atomic mass is 79.9. The zero-order valence-electron chi connectivity index (χ0n) is 19.0. The maximum absolute atomic E-state index is 13.5. The van der Waals surface area contributed by atoms with E-state index in [-0.39, 0.29) is 36.7 Å². The smallest absolute Gasteiger partial charge is 0.231 e. The monoisotopic (exact) mass is 529 g/mol. The summed E-state index contributed by atoms with van der Waals surface area (Å²) in [5.41, 5.74) is 3.05. The first-order valence-corrected chi connectivity index (χ1v) is 11.7. The highest BCUT2D eigenvalue weighted by molar-refractivity contribution is 9.10. The van der Waals surface area contributed by atoms with E-state index in [4.69, 9.17) is 23.7 Å². The number of Topliss-reactive ketones (excluding diaryl/α,β-unsaturated/α-hetero) is 1. The number of benzene rings is 2. The summed E-state index contributed by atoms with van der Waals surface area (Å²) in [5.74, 6) is 2.20. The van der Waals surface area contributed by atoms with Gasteiger partial charge in [-0.1, -0.05) is 15.9 Å². The third-order valence-corrected chi connectivity index (χ3v) is 7.25. The summed E-state index contributed by atoms with van der Waals surface area (Å²) in [6.45, 7) is 0.153. The molecule has 0 spiro atoms. The summed E-state index contributed by atoms with van der Waals surface area (Å²) in [7, 11) is 4.67. The maximum atomic E-state index is 13.5. The quantitative estimate of drug-likeness (QED) is 0.620. The number of hydrogen-bond acceptors (Lipinski definition) is 7. The lowest BCUT2D eigenvalue weighted by atomic mass is 9.73. The van der Waals surface area contributed by atoms with E-state index in [2.05, 4.69) is 21.2 Å². The highest BCUT2D eigenvalue weighted by Crippen LogP contribution is 2.48. The maximum Gasteiger partial charge on any atom is 0.231 e. The van der Waals surface area contributed by atoms with Crippen LogP contribution in [0.5, 0.6) is 28.7 Å². The molecule has 5 rings (SSSR count). The second-order valence-electron chi connectivity index (χ2n) is 8.41. The number of rotatable bonds is 5. The van der Waals surface area contributed by atoms with E-state index in [1.54, 1.807) is 21.3 Å². The van der Waals surface area contributed by atoms with E-state index in [0.717, 1.165) is 15.6 Å². The van der Waals surface area contributed by atoms with Crippen molar-refractivity contribution in [2.75, 3.05) is 28.1 Å². The Balaban J connectivity index is 1.53. The van der Waals surface area contributed by atoms with Gasteiger partial charge in [0.05, 0.1) is 21.3 Å². The molecule has 0 aromatic heterocycles. The van der Waals surface area contributed by atoms with Crippen molar-refractivity contribution in [3.8, 4) is 28.7 Å². The van der Waals surface area contributed by atoms with Crippen LogP contribution in [0.3, 0.4) is 0 Å². The van der Waals surface area contributed by atoms with Crippen molar-refractivity contribution in [3.63, 3.8) is 0 Å². The van der Waals surface area contributed by atoms with Crippen LogP contribution in [0.15, 0.2) is 40.0 Å². The van der Waals surface area contributed by atoms with Crippen molar-refractivity contribution >= 4 is 27.6 Å². The van der Waals surface area contributed by atoms with Crippen LogP contribution in [0.25, 0.3) is 0 Å². The van der Waals surface area contributed by atoms with Gasteiger partial charge in [-0.05, 0) is 47.7 Å². The minimum Gasteiger partial charge on any atom is -0.493 e. The van der Waals surface area contributed by atoms with Gasteiger partial charge >= 0.3 is 0 Å². The Bertz CT molecular complexity index is 1200. The molecule has 2 unspecified atom stereocenters. The number of ketones is 1. The Kier molecular flexibility index (Phi) is 5.89. The molecule has 0 radical (unpaired) electrons. The minimum atomic E-state index is -0.360. The van der Waals surface area contributed by atoms with Crippen molar-refractivity contribution in [2.45, 2.75) is 31.1 Å². The number of carbonyl (C=O) groups is 2. The van der Waals surface area contributed by atoms with Crippen LogP contribution in [-0.2, 0) is 9.59 Å². The summed E-state index contributed by atoms with van der Waals surface area (Å²) in [5, 5.41) is 2.96. The molecule has 0 saturated carbocycles. The zero-order valence-corrected chi connectivity index (χ0v) is 20.6. The van der Waals surface area contributed by atoms with Gasteiger partial charge in [0.1, 0.15) is 0 Å². The van der Waals surface area contributed by atoms with Crippen LogP contribution in [0.1, 0.15) is 42.2 Å². The van der Waals surface area contributed by atoms with Crippen molar-refractivity contribution in [1.82, 2.24) is 5.32 Å². The third kappa shape index (κ3) is 3.77. The molecule has 178 valence electrons. The van der Waals surface area contributed by atoms with Crippen LogP contribution in [0, 0.1) is 0 Å². The van der Waals surface area contributed by atoms with E-state index in [0.29, 0.717) is 52.9 Å². The van der Waals surface area contributed by atoms with Gasteiger partial charge in [0.2, 0.25) is 18.4 Å². The lowest BCUT2D eigenvalue weighted by Crippen LogP contribution is -2.38. The average Bonchev–Trinajstić information content (AvgIpc) is 3.28. The number of ether oxygens (including phenoxy) is 5. The van der Waals surface area contributed by atoms with Crippen LogP contribution in [-0.4, -0.2) is 39.8 Å². The number of methoxy groups -OCH3 is 3. The first-order valence-electron chi connectivity index (χ1n) is 10.9. The fraction of sp³-hybridized carbons (Fsp3) is 0.360. The first-order chi connectivity index (χ1) is 16.4. The third-order valence-electron chi connectivity index (χ3n) is 6.56. The molecule has 1 amide bonds. The van der Waals surface area contributed by atoms with Gasteiger partial charge in [0.15, 0.2) is 28.8 Å². The lowest BCUT2D eigenvalue weighted by molar-refractivity contribution is -0.122. The number of hydrogen-bond donors (Lipinski definition) is 1. The summed E-state index contributed by atoms with van der Waals surface area (Å²) < 4.78 is 28.2. The SMILES string of the molecule is COc1cc(C2CC(=O)C3=C(C2)NC(=O)CC3c2cc3c(cc2Br)OCO3)cc(OC)c1OC. The molecule has 3 aliphatic rings. The molecule has 2 heterocycles.